The monoisotopic (exact) mass is 343 g/mol. The molecule has 2 aromatic rings. The zero-order chi connectivity index (χ0) is 13.1. The van der Waals surface area contributed by atoms with Crippen LogP contribution < -0.4 is 5.32 Å². The Morgan fingerprint density at radius 3 is 2.56 bits per heavy atom. The van der Waals surface area contributed by atoms with Gasteiger partial charge in [0.25, 0.3) is 0 Å². The summed E-state index contributed by atoms with van der Waals surface area (Å²) < 4.78 is 1.20. The maximum Gasteiger partial charge on any atom is 0.0768 e. The number of hydrogen-bond donors (Lipinski definition) is 1. The third-order valence-electron chi connectivity index (χ3n) is 2.82. The Labute approximate surface area is 125 Å². The van der Waals surface area contributed by atoms with Gasteiger partial charge in [0.1, 0.15) is 0 Å². The Hall–Kier alpha value is -0.160. The predicted octanol–water partition coefficient (Wildman–Crippen LogP) is 5.28. The van der Waals surface area contributed by atoms with Crippen LogP contribution >= 0.6 is 38.6 Å². The average Bonchev–Trinajstić information content (AvgIpc) is 2.87. The molecule has 4 heteroatoms. The molecule has 0 aliphatic carbocycles. The molecule has 98 valence electrons. The lowest BCUT2D eigenvalue weighted by molar-refractivity contribution is 0.611. The quantitative estimate of drug-likeness (QED) is 0.778. The first-order valence-electron chi connectivity index (χ1n) is 6.17. The van der Waals surface area contributed by atoms with Crippen LogP contribution in [0.15, 0.2) is 22.0 Å². The second kappa shape index (κ2) is 6.33. The van der Waals surface area contributed by atoms with Gasteiger partial charge in [-0.2, -0.15) is 0 Å². The van der Waals surface area contributed by atoms with E-state index in [0.717, 1.165) is 13.0 Å². The molecule has 1 atom stereocenters. The molecule has 0 aliphatic rings. The lowest BCUT2D eigenvalue weighted by Gasteiger charge is -2.16. The molecule has 0 bridgehead atoms. The number of hydrogen-bond acceptors (Lipinski definition) is 3. The van der Waals surface area contributed by atoms with E-state index in [1.165, 1.54) is 24.0 Å². The van der Waals surface area contributed by atoms with Crippen LogP contribution in [0.1, 0.15) is 39.6 Å². The van der Waals surface area contributed by atoms with Gasteiger partial charge in [0, 0.05) is 14.6 Å². The summed E-state index contributed by atoms with van der Waals surface area (Å²) in [6.07, 6.45) is 1.16. The van der Waals surface area contributed by atoms with E-state index in [9.17, 15) is 0 Å². The summed E-state index contributed by atoms with van der Waals surface area (Å²) >= 11 is 7.28. The zero-order valence-electron chi connectivity index (χ0n) is 10.9. The fourth-order valence-electron chi connectivity index (χ4n) is 2.04. The van der Waals surface area contributed by atoms with Crippen LogP contribution in [0.25, 0.3) is 0 Å². The number of halogens is 1. The molecule has 18 heavy (non-hydrogen) atoms. The minimum atomic E-state index is 0.347. The van der Waals surface area contributed by atoms with Crippen molar-refractivity contribution in [3.05, 3.63) is 42.2 Å². The molecule has 2 heterocycles. The highest BCUT2D eigenvalue weighted by molar-refractivity contribution is 9.11. The summed E-state index contributed by atoms with van der Waals surface area (Å²) in [4.78, 5) is 4.23. The van der Waals surface area contributed by atoms with Crippen LogP contribution in [-0.4, -0.2) is 6.54 Å². The maximum atomic E-state index is 3.67. The van der Waals surface area contributed by atoms with Crippen LogP contribution in [0.2, 0.25) is 0 Å². The van der Waals surface area contributed by atoms with E-state index in [0.29, 0.717) is 6.04 Å². The van der Waals surface area contributed by atoms with Gasteiger partial charge < -0.3 is 5.32 Å². The fraction of sp³-hybridized carbons (Fsp3) is 0.429. The van der Waals surface area contributed by atoms with Gasteiger partial charge in [-0.05, 0) is 66.5 Å². The van der Waals surface area contributed by atoms with Gasteiger partial charge in [-0.15, -0.1) is 22.7 Å². The summed E-state index contributed by atoms with van der Waals surface area (Å²) in [6.45, 7) is 7.65. The van der Waals surface area contributed by atoms with E-state index in [4.69, 9.17) is 0 Å². The molecule has 0 fully saturated rings. The van der Waals surface area contributed by atoms with E-state index in [2.05, 4.69) is 60.2 Å². The molecule has 0 aliphatic heterocycles. The normalized spacial score (nSPS) is 12.9. The second-order valence-corrected chi connectivity index (χ2v) is 8.22. The largest absolute Gasteiger partial charge is 0.305 e. The van der Waals surface area contributed by atoms with E-state index < -0.39 is 0 Å². The molecule has 0 saturated carbocycles. The molecule has 0 aromatic carbocycles. The van der Waals surface area contributed by atoms with Crippen molar-refractivity contribution in [1.29, 1.82) is 0 Å². The molecule has 0 spiro atoms. The number of rotatable bonds is 5. The lowest BCUT2D eigenvalue weighted by Crippen LogP contribution is -2.22. The smallest absolute Gasteiger partial charge is 0.0768 e. The third-order valence-corrected chi connectivity index (χ3v) is 5.72. The molecule has 2 rings (SSSR count). The fourth-order valence-corrected chi connectivity index (χ4v) is 4.76. The molecular formula is C14H18BrNS2. The van der Waals surface area contributed by atoms with Crippen LogP contribution in [0, 0.1) is 13.8 Å². The molecule has 0 saturated heterocycles. The van der Waals surface area contributed by atoms with Gasteiger partial charge in [0.05, 0.1) is 9.83 Å². The van der Waals surface area contributed by atoms with Crippen molar-refractivity contribution in [3.8, 4) is 0 Å². The topological polar surface area (TPSA) is 12.0 Å². The summed E-state index contributed by atoms with van der Waals surface area (Å²) in [5.41, 5.74) is 1.40. The van der Waals surface area contributed by atoms with Crippen molar-refractivity contribution in [2.45, 2.75) is 33.2 Å². The van der Waals surface area contributed by atoms with E-state index in [-0.39, 0.29) is 0 Å². The Balaban J connectivity index is 2.33. The highest BCUT2D eigenvalue weighted by Crippen LogP contribution is 2.36. The Kier molecular flexibility index (Phi) is 5.01. The van der Waals surface area contributed by atoms with E-state index >= 15 is 0 Å². The van der Waals surface area contributed by atoms with Gasteiger partial charge in [0.2, 0.25) is 0 Å². The van der Waals surface area contributed by atoms with Gasteiger partial charge >= 0.3 is 0 Å². The number of nitrogens with one attached hydrogen (secondary N) is 1. The zero-order valence-corrected chi connectivity index (χ0v) is 14.1. The van der Waals surface area contributed by atoms with Gasteiger partial charge in [-0.25, -0.2) is 0 Å². The molecule has 0 radical (unpaired) electrons. The summed E-state index contributed by atoms with van der Waals surface area (Å²) in [5, 5.41) is 3.67. The maximum absolute atomic E-state index is 3.67. The van der Waals surface area contributed by atoms with Crippen molar-refractivity contribution >= 4 is 38.6 Å². The molecule has 2 aromatic heterocycles. The first kappa shape index (κ1) is 14.3. The first-order valence-corrected chi connectivity index (χ1v) is 8.60. The van der Waals surface area contributed by atoms with E-state index in [1.807, 2.05) is 22.7 Å². The summed E-state index contributed by atoms with van der Waals surface area (Å²) in [6, 6.07) is 6.98. The van der Waals surface area contributed by atoms with Crippen LogP contribution in [0.4, 0.5) is 0 Å². The standard InChI is InChI=1S/C14H18BrNS2/c1-4-7-16-13(11-5-6-12(15)18-11)14-9(2)8-10(3)17-14/h5-6,8,13,16H,4,7H2,1-3H3. The molecule has 1 nitrogen and oxygen atoms in total. The van der Waals surface area contributed by atoms with E-state index in [1.54, 1.807) is 0 Å². The second-order valence-electron chi connectivity index (χ2n) is 4.43. The summed E-state index contributed by atoms with van der Waals surface area (Å²) in [7, 11) is 0. The van der Waals surface area contributed by atoms with Crippen molar-refractivity contribution in [1.82, 2.24) is 5.32 Å². The van der Waals surface area contributed by atoms with Crippen molar-refractivity contribution < 1.29 is 0 Å². The van der Waals surface area contributed by atoms with Gasteiger partial charge in [-0.1, -0.05) is 6.92 Å². The predicted molar refractivity (Wildman–Crippen MR) is 85.9 cm³/mol. The number of aryl methyl sites for hydroxylation is 2. The number of thiophene rings is 2. The molecule has 1 unspecified atom stereocenters. The van der Waals surface area contributed by atoms with Gasteiger partial charge in [0.15, 0.2) is 0 Å². The molecular weight excluding hydrogens is 326 g/mol. The van der Waals surface area contributed by atoms with Crippen molar-refractivity contribution in [2.75, 3.05) is 6.54 Å². The Bertz CT molecular complexity index is 516. The van der Waals surface area contributed by atoms with Crippen molar-refractivity contribution in [3.63, 3.8) is 0 Å². The first-order chi connectivity index (χ1) is 8.61. The minimum absolute atomic E-state index is 0.347. The Morgan fingerprint density at radius 1 is 1.28 bits per heavy atom. The average molecular weight is 344 g/mol. The third kappa shape index (κ3) is 3.23. The highest BCUT2D eigenvalue weighted by atomic mass is 79.9. The molecule has 0 amide bonds. The molecule has 1 N–H and O–H groups in total. The lowest BCUT2D eigenvalue weighted by atomic mass is 10.1. The Morgan fingerprint density at radius 2 is 2.06 bits per heavy atom. The van der Waals surface area contributed by atoms with Gasteiger partial charge in [-0.3, -0.25) is 0 Å². The summed E-state index contributed by atoms with van der Waals surface area (Å²) in [5.74, 6) is 0. The minimum Gasteiger partial charge on any atom is -0.305 e. The van der Waals surface area contributed by atoms with Crippen LogP contribution in [0.3, 0.4) is 0 Å². The van der Waals surface area contributed by atoms with Crippen LogP contribution in [0.5, 0.6) is 0 Å². The van der Waals surface area contributed by atoms with Crippen LogP contribution in [-0.2, 0) is 0 Å². The van der Waals surface area contributed by atoms with Crippen molar-refractivity contribution in [2.24, 2.45) is 0 Å². The highest BCUT2D eigenvalue weighted by Gasteiger charge is 2.19. The SMILES string of the molecule is CCCNC(c1ccc(Br)s1)c1sc(C)cc1C.